The number of hydrogen-bond acceptors (Lipinski definition) is 4. The van der Waals surface area contributed by atoms with Gasteiger partial charge in [-0.05, 0) is 12.1 Å². The van der Waals surface area contributed by atoms with E-state index in [0.29, 0.717) is 10.6 Å². The number of hydrogen-bond donors (Lipinski definition) is 2. The minimum absolute atomic E-state index is 0.104. The Labute approximate surface area is 147 Å². The van der Waals surface area contributed by atoms with E-state index in [2.05, 4.69) is 9.97 Å². The van der Waals surface area contributed by atoms with Crippen LogP contribution in [-0.4, -0.2) is 18.4 Å². The van der Waals surface area contributed by atoms with Crippen LogP contribution in [0.4, 0.5) is 27.6 Å². The van der Waals surface area contributed by atoms with Gasteiger partial charge in [0.2, 0.25) is 0 Å². The highest BCUT2D eigenvalue weighted by atomic mass is 32.2. The first-order valence-electron chi connectivity index (χ1n) is 6.74. The van der Waals surface area contributed by atoms with Crippen molar-refractivity contribution in [2.45, 2.75) is 11.1 Å². The van der Waals surface area contributed by atoms with Gasteiger partial charge < -0.3 is 4.98 Å². The molecule has 1 aromatic carbocycles. The molecule has 0 atom stereocenters. The maximum atomic E-state index is 13.8. The molecule has 0 spiro atoms. The number of anilines is 1. The van der Waals surface area contributed by atoms with Crippen LogP contribution in [0.2, 0.25) is 0 Å². The second-order valence-electron chi connectivity index (χ2n) is 5.03. The van der Waals surface area contributed by atoms with Gasteiger partial charge in [0.1, 0.15) is 16.5 Å². The van der Waals surface area contributed by atoms with Gasteiger partial charge >= 0.3 is 6.18 Å². The van der Waals surface area contributed by atoms with E-state index in [1.54, 1.807) is 4.72 Å². The predicted octanol–water partition coefficient (Wildman–Crippen LogP) is 4.24. The molecule has 3 rings (SSSR count). The number of benzene rings is 1. The molecule has 0 aliphatic rings. The van der Waals surface area contributed by atoms with Crippen LogP contribution in [0.3, 0.4) is 0 Å². The van der Waals surface area contributed by atoms with Crippen LogP contribution >= 0.6 is 11.3 Å². The van der Waals surface area contributed by atoms with Crippen molar-refractivity contribution in [1.82, 2.24) is 9.97 Å². The normalized spacial score (nSPS) is 12.3. The Morgan fingerprint density at radius 3 is 2.46 bits per heavy atom. The van der Waals surface area contributed by atoms with E-state index in [1.165, 1.54) is 29.1 Å². The molecule has 0 amide bonds. The molecule has 12 heteroatoms. The van der Waals surface area contributed by atoms with Crippen molar-refractivity contribution in [3.63, 3.8) is 0 Å². The van der Waals surface area contributed by atoms with E-state index >= 15 is 0 Å². The van der Waals surface area contributed by atoms with Gasteiger partial charge in [0.05, 0.1) is 27.3 Å². The maximum absolute atomic E-state index is 13.8. The first-order chi connectivity index (χ1) is 12.1. The Morgan fingerprint density at radius 2 is 1.85 bits per heavy atom. The van der Waals surface area contributed by atoms with Crippen LogP contribution < -0.4 is 4.72 Å². The molecular formula is C14H8F5N3O2S2. The topological polar surface area (TPSA) is 74.8 Å². The molecule has 0 radical (unpaired) electrons. The summed E-state index contributed by atoms with van der Waals surface area (Å²) in [4.78, 5) is 6.86. The first-order valence-corrected chi connectivity index (χ1v) is 9.10. The van der Waals surface area contributed by atoms with E-state index < -0.39 is 39.1 Å². The summed E-state index contributed by atoms with van der Waals surface area (Å²) >= 11 is 1.24. The minimum atomic E-state index is -5.10. The summed E-state index contributed by atoms with van der Waals surface area (Å²) in [7, 11) is -4.36. The minimum Gasteiger partial charge on any atom is -0.359 e. The number of halogens is 5. The van der Waals surface area contributed by atoms with Gasteiger partial charge in [-0.1, -0.05) is 0 Å². The second-order valence-corrected chi connectivity index (χ2v) is 7.60. The summed E-state index contributed by atoms with van der Waals surface area (Å²) in [5.74, 6) is -3.35. The fourth-order valence-electron chi connectivity index (χ4n) is 2.07. The zero-order valence-corrected chi connectivity index (χ0v) is 14.1. The quantitative estimate of drug-likeness (QED) is 0.633. The van der Waals surface area contributed by atoms with E-state index in [-0.39, 0.29) is 17.0 Å². The van der Waals surface area contributed by atoms with Crippen molar-refractivity contribution in [1.29, 1.82) is 0 Å². The SMILES string of the molecule is O=S(=O)(Nc1cc(F)c(C(F)(F)F)cc1F)c1c[nH]c(-c2cncs2)c1. The summed E-state index contributed by atoms with van der Waals surface area (Å²) < 4.78 is 91.3. The molecular weight excluding hydrogens is 401 g/mol. The van der Waals surface area contributed by atoms with Crippen LogP contribution in [0, 0.1) is 11.6 Å². The van der Waals surface area contributed by atoms with E-state index in [0.717, 1.165) is 6.20 Å². The largest absolute Gasteiger partial charge is 0.419 e. The van der Waals surface area contributed by atoms with Crippen molar-refractivity contribution in [3.8, 4) is 10.6 Å². The van der Waals surface area contributed by atoms with E-state index in [1.807, 2.05) is 0 Å². The lowest BCUT2D eigenvalue weighted by Gasteiger charge is -2.12. The number of aromatic nitrogens is 2. The molecule has 0 saturated heterocycles. The molecule has 138 valence electrons. The molecule has 0 saturated carbocycles. The molecule has 2 heterocycles. The van der Waals surface area contributed by atoms with Gasteiger partial charge in [0.15, 0.2) is 0 Å². The average molecular weight is 409 g/mol. The number of thiazole rings is 1. The number of H-pyrrole nitrogens is 1. The van der Waals surface area contributed by atoms with Crippen LogP contribution in [0.15, 0.2) is 41.0 Å². The molecule has 5 nitrogen and oxygen atoms in total. The summed E-state index contributed by atoms with van der Waals surface area (Å²) in [5.41, 5.74) is -0.807. The average Bonchev–Trinajstić information content (AvgIpc) is 3.19. The maximum Gasteiger partial charge on any atom is 0.419 e. The number of rotatable bonds is 4. The van der Waals surface area contributed by atoms with Crippen molar-refractivity contribution in [2.24, 2.45) is 0 Å². The summed E-state index contributed by atoms with van der Waals surface area (Å²) in [6.07, 6.45) is -2.51. The summed E-state index contributed by atoms with van der Waals surface area (Å²) in [6.45, 7) is 0. The fraction of sp³-hybridized carbons (Fsp3) is 0.0714. The van der Waals surface area contributed by atoms with Crippen molar-refractivity contribution in [3.05, 3.63) is 53.3 Å². The lowest BCUT2D eigenvalue weighted by Crippen LogP contribution is -2.15. The van der Waals surface area contributed by atoms with Gasteiger partial charge in [-0.2, -0.15) is 13.2 Å². The lowest BCUT2D eigenvalue weighted by atomic mass is 10.2. The van der Waals surface area contributed by atoms with Gasteiger partial charge in [-0.3, -0.25) is 9.71 Å². The molecule has 0 aliphatic carbocycles. The van der Waals surface area contributed by atoms with Gasteiger partial charge in [0, 0.05) is 18.5 Å². The number of sulfonamides is 1. The van der Waals surface area contributed by atoms with Gasteiger partial charge in [0.25, 0.3) is 10.0 Å². The highest BCUT2D eigenvalue weighted by molar-refractivity contribution is 7.92. The van der Waals surface area contributed by atoms with Gasteiger partial charge in [-0.15, -0.1) is 11.3 Å². The Balaban J connectivity index is 1.92. The molecule has 0 bridgehead atoms. The zero-order chi connectivity index (χ0) is 19.1. The van der Waals surface area contributed by atoms with Crippen LogP contribution in [-0.2, 0) is 16.2 Å². The molecule has 2 N–H and O–H groups in total. The Bertz CT molecular complexity index is 1040. The smallest absolute Gasteiger partial charge is 0.359 e. The number of aromatic amines is 1. The second kappa shape index (κ2) is 6.36. The standard InChI is InChI=1S/C14H8F5N3O2S2/c15-9-3-11(10(16)2-8(9)14(17,18)19)22-26(23,24)7-1-12(21-4-7)13-5-20-6-25-13/h1-6,21-22H. The fourth-order valence-corrected chi connectivity index (χ4v) is 3.72. The van der Waals surface area contributed by atoms with Crippen LogP contribution in [0.25, 0.3) is 10.6 Å². The number of nitrogens with one attached hydrogen (secondary N) is 2. The van der Waals surface area contributed by atoms with Crippen LogP contribution in [0.5, 0.6) is 0 Å². The lowest BCUT2D eigenvalue weighted by molar-refractivity contribution is -0.140. The third kappa shape index (κ3) is 3.55. The predicted molar refractivity (Wildman–Crippen MR) is 84.1 cm³/mol. The summed E-state index contributed by atoms with van der Waals surface area (Å²) in [5, 5.41) is 0. The van der Waals surface area contributed by atoms with Crippen LogP contribution in [0.1, 0.15) is 5.56 Å². The Hall–Kier alpha value is -2.47. The number of alkyl halides is 3. The summed E-state index contributed by atoms with van der Waals surface area (Å²) in [6, 6.07) is 1.27. The highest BCUT2D eigenvalue weighted by Gasteiger charge is 2.35. The third-order valence-electron chi connectivity index (χ3n) is 3.27. The Kier molecular flexibility index (Phi) is 4.48. The van der Waals surface area contributed by atoms with Crippen molar-refractivity contribution >= 4 is 27.0 Å². The molecule has 0 unspecified atom stereocenters. The van der Waals surface area contributed by atoms with Crippen molar-refractivity contribution < 1.29 is 30.4 Å². The van der Waals surface area contributed by atoms with E-state index in [4.69, 9.17) is 0 Å². The zero-order valence-electron chi connectivity index (χ0n) is 12.4. The molecule has 0 fully saturated rings. The highest BCUT2D eigenvalue weighted by Crippen LogP contribution is 2.34. The van der Waals surface area contributed by atoms with Crippen molar-refractivity contribution in [2.75, 3.05) is 4.72 Å². The monoisotopic (exact) mass is 409 g/mol. The molecule has 2 aromatic heterocycles. The molecule has 3 aromatic rings. The third-order valence-corrected chi connectivity index (χ3v) is 5.42. The van der Waals surface area contributed by atoms with Gasteiger partial charge in [-0.25, -0.2) is 17.2 Å². The number of nitrogens with zero attached hydrogens (tertiary/aromatic N) is 1. The molecule has 26 heavy (non-hydrogen) atoms. The molecule has 0 aliphatic heterocycles. The van der Waals surface area contributed by atoms with E-state index in [9.17, 15) is 30.4 Å². The first kappa shape index (κ1) is 18.3. The Morgan fingerprint density at radius 1 is 1.12 bits per heavy atom.